The van der Waals surface area contributed by atoms with Crippen LogP contribution in [0.25, 0.3) is 0 Å². The second kappa shape index (κ2) is 16.7. The highest BCUT2D eigenvalue weighted by molar-refractivity contribution is 5.85. The standard InChI is InChI=1S/C19H37N7O3.ClH/c1-15(2)27-12-7-9-23-19-24-16(28-11-6-5-8-22-18(20)21)14-17(25-19)29-13-10-26(3)4;/h14-15H,5-13H2,1-4H3,(H4,20,21,22)(H,23,24,25);1H. The first kappa shape index (κ1) is 28.0. The third kappa shape index (κ3) is 14.9. The first-order valence-corrected chi connectivity index (χ1v) is 10.1. The van der Waals surface area contributed by atoms with E-state index in [4.69, 9.17) is 25.7 Å². The van der Waals surface area contributed by atoms with Crippen molar-refractivity contribution < 1.29 is 14.2 Å². The lowest BCUT2D eigenvalue weighted by molar-refractivity contribution is 0.0787. The summed E-state index contributed by atoms with van der Waals surface area (Å²) >= 11 is 0. The van der Waals surface area contributed by atoms with E-state index in [1.165, 1.54) is 0 Å². The number of hydrogen-bond donors (Lipinski definition) is 3. The van der Waals surface area contributed by atoms with E-state index in [0.29, 0.717) is 50.6 Å². The molecule has 30 heavy (non-hydrogen) atoms. The normalized spacial score (nSPS) is 10.6. The summed E-state index contributed by atoms with van der Waals surface area (Å²) < 4.78 is 17.1. The molecule has 0 aliphatic rings. The molecule has 0 saturated carbocycles. The maximum Gasteiger partial charge on any atom is 0.229 e. The van der Waals surface area contributed by atoms with Crippen molar-refractivity contribution >= 4 is 24.3 Å². The fourth-order valence-corrected chi connectivity index (χ4v) is 2.15. The average Bonchev–Trinajstić information content (AvgIpc) is 2.63. The number of hydrogen-bond acceptors (Lipinski definition) is 8. The number of ether oxygens (including phenoxy) is 3. The van der Waals surface area contributed by atoms with Gasteiger partial charge in [0.15, 0.2) is 5.96 Å². The molecule has 0 unspecified atom stereocenters. The van der Waals surface area contributed by atoms with Crippen molar-refractivity contribution in [1.82, 2.24) is 14.9 Å². The molecule has 0 aromatic carbocycles. The Kier molecular flexibility index (Phi) is 15.6. The molecule has 0 aliphatic carbocycles. The van der Waals surface area contributed by atoms with Gasteiger partial charge in [0.25, 0.3) is 0 Å². The highest BCUT2D eigenvalue weighted by atomic mass is 35.5. The molecule has 1 aromatic rings. The molecule has 1 rings (SSSR count). The lowest BCUT2D eigenvalue weighted by atomic mass is 10.3. The van der Waals surface area contributed by atoms with E-state index in [9.17, 15) is 0 Å². The van der Waals surface area contributed by atoms with Crippen LogP contribution in [0.5, 0.6) is 11.8 Å². The number of rotatable bonds is 16. The quantitative estimate of drug-likeness (QED) is 0.196. The maximum absolute atomic E-state index is 5.76. The lowest BCUT2D eigenvalue weighted by Crippen LogP contribution is -2.23. The summed E-state index contributed by atoms with van der Waals surface area (Å²) in [6.45, 7) is 7.84. The van der Waals surface area contributed by atoms with E-state index in [1.54, 1.807) is 6.07 Å². The predicted octanol–water partition coefficient (Wildman–Crippen LogP) is 1.50. The van der Waals surface area contributed by atoms with Gasteiger partial charge in [-0.2, -0.15) is 9.97 Å². The van der Waals surface area contributed by atoms with Gasteiger partial charge in [-0.15, -0.1) is 12.4 Å². The summed E-state index contributed by atoms with van der Waals surface area (Å²) in [7, 11) is 3.98. The molecular weight excluding hydrogens is 410 g/mol. The van der Waals surface area contributed by atoms with Crippen LogP contribution in [0.1, 0.15) is 33.1 Å². The molecule has 0 bridgehead atoms. The van der Waals surface area contributed by atoms with Gasteiger partial charge in [0.1, 0.15) is 6.61 Å². The molecule has 0 atom stereocenters. The molecule has 0 radical (unpaired) electrons. The topological polar surface area (TPSA) is 133 Å². The third-order valence-corrected chi connectivity index (χ3v) is 3.62. The van der Waals surface area contributed by atoms with Gasteiger partial charge < -0.3 is 35.9 Å². The molecule has 0 amide bonds. The summed E-state index contributed by atoms with van der Waals surface area (Å²) in [5, 5.41) is 3.20. The number of nitrogens with zero attached hydrogens (tertiary/aromatic N) is 4. The molecule has 11 heteroatoms. The fourth-order valence-electron chi connectivity index (χ4n) is 2.15. The average molecular weight is 448 g/mol. The summed E-state index contributed by atoms with van der Waals surface area (Å²) in [5.74, 6) is 1.55. The Morgan fingerprint density at radius 3 is 2.33 bits per heavy atom. The first-order valence-electron chi connectivity index (χ1n) is 10.1. The van der Waals surface area contributed by atoms with Gasteiger partial charge in [-0.1, -0.05) is 0 Å². The van der Waals surface area contributed by atoms with Crippen LogP contribution < -0.4 is 26.3 Å². The highest BCUT2D eigenvalue weighted by Gasteiger charge is 2.07. The largest absolute Gasteiger partial charge is 0.477 e. The van der Waals surface area contributed by atoms with Gasteiger partial charge in [0, 0.05) is 26.2 Å². The van der Waals surface area contributed by atoms with Crippen molar-refractivity contribution in [2.75, 3.05) is 58.9 Å². The molecule has 0 saturated heterocycles. The number of nitrogens with one attached hydrogen (secondary N) is 1. The number of guanidine groups is 1. The number of nitrogens with two attached hydrogens (primary N) is 2. The maximum atomic E-state index is 5.76. The monoisotopic (exact) mass is 447 g/mol. The van der Waals surface area contributed by atoms with Crippen molar-refractivity contribution in [3.63, 3.8) is 0 Å². The Morgan fingerprint density at radius 1 is 1.07 bits per heavy atom. The van der Waals surface area contributed by atoms with Crippen molar-refractivity contribution in [3.05, 3.63) is 6.07 Å². The number of aromatic nitrogens is 2. The van der Waals surface area contributed by atoms with Crippen LogP contribution >= 0.6 is 12.4 Å². The second-order valence-corrected chi connectivity index (χ2v) is 7.08. The zero-order valence-corrected chi connectivity index (χ0v) is 19.4. The van der Waals surface area contributed by atoms with E-state index in [1.807, 2.05) is 32.8 Å². The van der Waals surface area contributed by atoms with Crippen LogP contribution in [0.3, 0.4) is 0 Å². The zero-order chi connectivity index (χ0) is 21.5. The first-order chi connectivity index (χ1) is 13.9. The second-order valence-electron chi connectivity index (χ2n) is 7.08. The molecule has 0 fully saturated rings. The molecule has 174 valence electrons. The minimum atomic E-state index is 0. The van der Waals surface area contributed by atoms with E-state index < -0.39 is 0 Å². The molecule has 10 nitrogen and oxygen atoms in total. The van der Waals surface area contributed by atoms with Gasteiger partial charge in [-0.25, -0.2) is 0 Å². The molecule has 0 spiro atoms. The molecule has 5 N–H and O–H groups in total. The van der Waals surface area contributed by atoms with E-state index in [-0.39, 0.29) is 24.5 Å². The number of anilines is 1. The Hall–Kier alpha value is -2.04. The Bertz CT molecular complexity index is 599. The SMILES string of the molecule is CC(C)OCCCNc1nc(OCCCCN=C(N)N)cc(OCCN(C)C)n1.Cl. The summed E-state index contributed by atoms with van der Waals surface area (Å²) in [5.41, 5.74) is 10.6. The van der Waals surface area contributed by atoms with Crippen LogP contribution in [0.4, 0.5) is 5.95 Å². The minimum absolute atomic E-state index is 0. The van der Waals surface area contributed by atoms with Gasteiger partial charge >= 0.3 is 0 Å². The van der Waals surface area contributed by atoms with E-state index in [0.717, 1.165) is 25.8 Å². The Balaban J connectivity index is 0.00000841. The van der Waals surface area contributed by atoms with Crippen molar-refractivity contribution in [2.24, 2.45) is 16.5 Å². The molecule has 1 aromatic heterocycles. The number of likely N-dealkylation sites (N-methyl/N-ethyl adjacent to an activating group) is 1. The van der Waals surface area contributed by atoms with Crippen LogP contribution in [-0.4, -0.2) is 80.5 Å². The lowest BCUT2D eigenvalue weighted by Gasteiger charge is -2.13. The van der Waals surface area contributed by atoms with Gasteiger partial charge in [-0.05, 0) is 47.2 Å². The van der Waals surface area contributed by atoms with Crippen LogP contribution in [0.15, 0.2) is 11.1 Å². The Morgan fingerprint density at radius 2 is 1.73 bits per heavy atom. The summed E-state index contributed by atoms with van der Waals surface area (Å²) in [6.07, 6.45) is 2.73. The van der Waals surface area contributed by atoms with Gasteiger partial charge in [0.2, 0.25) is 17.7 Å². The summed E-state index contributed by atoms with van der Waals surface area (Å²) in [4.78, 5) is 14.8. The van der Waals surface area contributed by atoms with Crippen LogP contribution in [0.2, 0.25) is 0 Å². The van der Waals surface area contributed by atoms with Gasteiger partial charge in [-0.3, -0.25) is 4.99 Å². The van der Waals surface area contributed by atoms with E-state index in [2.05, 4.69) is 20.3 Å². The van der Waals surface area contributed by atoms with Crippen LogP contribution in [-0.2, 0) is 4.74 Å². The number of unbranched alkanes of at least 4 members (excludes halogenated alkanes) is 1. The smallest absolute Gasteiger partial charge is 0.229 e. The van der Waals surface area contributed by atoms with E-state index >= 15 is 0 Å². The number of aliphatic imine (C=N–C) groups is 1. The molecule has 1 heterocycles. The number of halogens is 1. The van der Waals surface area contributed by atoms with Crippen molar-refractivity contribution in [1.29, 1.82) is 0 Å². The van der Waals surface area contributed by atoms with Crippen molar-refractivity contribution in [2.45, 2.75) is 39.2 Å². The van der Waals surface area contributed by atoms with Crippen molar-refractivity contribution in [3.8, 4) is 11.8 Å². The summed E-state index contributed by atoms with van der Waals surface area (Å²) in [6, 6.07) is 1.71. The minimum Gasteiger partial charge on any atom is -0.477 e. The zero-order valence-electron chi connectivity index (χ0n) is 18.6. The molecule has 0 aliphatic heterocycles. The highest BCUT2D eigenvalue weighted by Crippen LogP contribution is 2.18. The fraction of sp³-hybridized carbons (Fsp3) is 0.737. The molecular formula is C19H38ClN7O3. The Labute approximate surface area is 186 Å². The third-order valence-electron chi connectivity index (χ3n) is 3.62. The predicted molar refractivity (Wildman–Crippen MR) is 123 cm³/mol. The van der Waals surface area contributed by atoms with Crippen LogP contribution in [0, 0.1) is 0 Å². The van der Waals surface area contributed by atoms with Gasteiger partial charge in [0.05, 0.1) is 18.8 Å².